The zero-order valence-corrected chi connectivity index (χ0v) is 20.2. The Morgan fingerprint density at radius 3 is 2.65 bits per heavy atom. The zero-order valence-electron chi connectivity index (χ0n) is 19.3. The predicted octanol–water partition coefficient (Wildman–Crippen LogP) is 3.72. The van der Waals surface area contributed by atoms with E-state index in [1.165, 1.54) is 0 Å². The summed E-state index contributed by atoms with van der Waals surface area (Å²) in [7, 11) is -3.07. The normalized spacial score (nSPS) is 22.6. The van der Waals surface area contributed by atoms with Crippen molar-refractivity contribution in [3.63, 3.8) is 0 Å². The summed E-state index contributed by atoms with van der Waals surface area (Å²) in [6.07, 6.45) is 3.16. The van der Waals surface area contributed by atoms with Gasteiger partial charge in [0.1, 0.15) is 12.0 Å². The standard InChI is InChI=1S/C26H29N3O4S/c1-16-3-4-20(25(31)29-26(2)9-10-34(32,33)15-26)12-22(16)19-8-7-18-13-23(27-14-21(18)11-19)28-24(30)17-5-6-17/h3-4,7-8,11-14,17,25,29,31H,5-6,9-10,15H2,1-2H3,(H,27,28,30). The number of hydrogen-bond acceptors (Lipinski definition) is 6. The maximum atomic E-state index is 12.0. The fourth-order valence-electron chi connectivity index (χ4n) is 4.61. The van der Waals surface area contributed by atoms with Gasteiger partial charge < -0.3 is 10.4 Å². The Balaban J connectivity index is 1.39. The minimum absolute atomic E-state index is 0.0244. The molecule has 3 N–H and O–H groups in total. The average molecular weight is 480 g/mol. The Kier molecular flexibility index (Phi) is 5.70. The maximum Gasteiger partial charge on any atom is 0.228 e. The lowest BCUT2D eigenvalue weighted by Gasteiger charge is -2.28. The van der Waals surface area contributed by atoms with Crippen LogP contribution in [0.3, 0.4) is 0 Å². The molecule has 2 heterocycles. The van der Waals surface area contributed by atoms with E-state index < -0.39 is 21.6 Å². The van der Waals surface area contributed by atoms with Crippen LogP contribution >= 0.6 is 0 Å². The summed E-state index contributed by atoms with van der Waals surface area (Å²) in [6.45, 7) is 3.86. The summed E-state index contributed by atoms with van der Waals surface area (Å²) in [4.78, 5) is 16.4. The van der Waals surface area contributed by atoms with Crippen molar-refractivity contribution in [1.82, 2.24) is 10.3 Å². The number of aryl methyl sites for hydroxylation is 1. The molecule has 178 valence electrons. The smallest absolute Gasteiger partial charge is 0.228 e. The summed E-state index contributed by atoms with van der Waals surface area (Å²) >= 11 is 0. The molecule has 1 saturated heterocycles. The van der Waals surface area contributed by atoms with Gasteiger partial charge in [0.2, 0.25) is 5.91 Å². The van der Waals surface area contributed by atoms with Crippen LogP contribution in [0.4, 0.5) is 5.82 Å². The van der Waals surface area contributed by atoms with Crippen LogP contribution in [0.25, 0.3) is 21.9 Å². The molecular weight excluding hydrogens is 450 g/mol. The molecule has 8 heteroatoms. The fourth-order valence-corrected chi connectivity index (χ4v) is 6.71. The molecule has 1 aliphatic carbocycles. The third-order valence-corrected chi connectivity index (χ3v) is 8.70. The summed E-state index contributed by atoms with van der Waals surface area (Å²) in [5.41, 5.74) is 3.07. The van der Waals surface area contributed by atoms with Gasteiger partial charge >= 0.3 is 0 Å². The van der Waals surface area contributed by atoms with Crippen molar-refractivity contribution in [2.45, 2.75) is 44.9 Å². The number of benzene rings is 2. The van der Waals surface area contributed by atoms with Crippen LogP contribution in [0.2, 0.25) is 0 Å². The lowest BCUT2D eigenvalue weighted by atomic mass is 9.95. The quantitative estimate of drug-likeness (QED) is 0.465. The van der Waals surface area contributed by atoms with Gasteiger partial charge in [-0.25, -0.2) is 13.4 Å². The second kappa shape index (κ2) is 8.45. The number of nitrogens with one attached hydrogen (secondary N) is 2. The Morgan fingerprint density at radius 1 is 1.15 bits per heavy atom. The molecule has 1 amide bonds. The number of fused-ring (bicyclic) bond motifs is 1. The lowest BCUT2D eigenvalue weighted by Crippen LogP contribution is -2.45. The monoisotopic (exact) mass is 479 g/mol. The largest absolute Gasteiger partial charge is 0.374 e. The second-order valence-corrected chi connectivity index (χ2v) is 12.1. The Morgan fingerprint density at radius 2 is 1.94 bits per heavy atom. The summed E-state index contributed by atoms with van der Waals surface area (Å²) in [5, 5.41) is 18.8. The highest BCUT2D eigenvalue weighted by atomic mass is 32.2. The van der Waals surface area contributed by atoms with E-state index in [1.54, 1.807) is 6.20 Å². The molecule has 5 rings (SSSR count). The molecule has 1 aliphatic heterocycles. The molecule has 2 aromatic carbocycles. The molecular formula is C26H29N3O4S. The second-order valence-electron chi connectivity index (χ2n) is 9.92. The number of carbonyl (C=O) groups is 1. The Bertz CT molecular complexity index is 1380. The van der Waals surface area contributed by atoms with Crippen molar-refractivity contribution < 1.29 is 18.3 Å². The molecule has 7 nitrogen and oxygen atoms in total. The van der Waals surface area contributed by atoms with E-state index in [4.69, 9.17) is 0 Å². The maximum absolute atomic E-state index is 12.0. The number of pyridine rings is 1. The van der Waals surface area contributed by atoms with Gasteiger partial charge in [-0.15, -0.1) is 0 Å². The van der Waals surface area contributed by atoms with Crippen molar-refractivity contribution in [2.24, 2.45) is 5.92 Å². The van der Waals surface area contributed by atoms with Gasteiger partial charge in [0.25, 0.3) is 0 Å². The first-order chi connectivity index (χ1) is 16.1. The van der Waals surface area contributed by atoms with Gasteiger partial charge in [0.15, 0.2) is 9.84 Å². The van der Waals surface area contributed by atoms with Gasteiger partial charge in [-0.05, 0) is 78.9 Å². The Hall–Kier alpha value is -2.81. The molecule has 0 bridgehead atoms. The summed E-state index contributed by atoms with van der Waals surface area (Å²) in [5.74, 6) is 0.885. The van der Waals surface area contributed by atoms with Crippen molar-refractivity contribution in [3.8, 4) is 11.1 Å². The van der Waals surface area contributed by atoms with Gasteiger partial charge in [-0.1, -0.05) is 24.3 Å². The number of aromatic nitrogens is 1. The molecule has 2 aliphatic rings. The molecule has 3 aromatic rings. The highest BCUT2D eigenvalue weighted by Crippen LogP contribution is 2.32. The van der Waals surface area contributed by atoms with Crippen molar-refractivity contribution in [2.75, 3.05) is 16.8 Å². The van der Waals surface area contributed by atoms with E-state index in [2.05, 4.69) is 15.6 Å². The van der Waals surface area contributed by atoms with E-state index in [-0.39, 0.29) is 23.3 Å². The predicted molar refractivity (Wildman–Crippen MR) is 133 cm³/mol. The Labute approximate surface area is 199 Å². The highest BCUT2D eigenvalue weighted by molar-refractivity contribution is 7.91. The zero-order chi connectivity index (χ0) is 24.1. The van der Waals surface area contributed by atoms with Gasteiger partial charge in [-0.3, -0.25) is 10.1 Å². The molecule has 34 heavy (non-hydrogen) atoms. The fraction of sp³-hybridized carbons (Fsp3) is 0.385. The first-order valence-electron chi connectivity index (χ1n) is 11.6. The van der Waals surface area contributed by atoms with E-state index >= 15 is 0 Å². The third kappa shape index (κ3) is 4.85. The van der Waals surface area contributed by atoms with Crippen LogP contribution in [0, 0.1) is 12.8 Å². The van der Waals surface area contributed by atoms with Crippen molar-refractivity contribution >= 4 is 32.3 Å². The van der Waals surface area contributed by atoms with E-state index in [1.807, 2.05) is 56.3 Å². The average Bonchev–Trinajstić information content (AvgIpc) is 3.59. The van der Waals surface area contributed by atoms with Crippen molar-refractivity contribution in [1.29, 1.82) is 0 Å². The molecule has 2 unspecified atom stereocenters. The molecule has 2 fully saturated rings. The minimum Gasteiger partial charge on any atom is -0.374 e. The number of carbonyl (C=O) groups excluding carboxylic acids is 1. The minimum atomic E-state index is -3.07. The first kappa shape index (κ1) is 23.0. The topological polar surface area (TPSA) is 108 Å². The lowest BCUT2D eigenvalue weighted by molar-refractivity contribution is -0.117. The van der Waals surface area contributed by atoms with Crippen LogP contribution in [0.1, 0.15) is 43.5 Å². The van der Waals surface area contributed by atoms with E-state index in [0.717, 1.165) is 40.3 Å². The van der Waals surface area contributed by atoms with Crippen LogP contribution < -0.4 is 10.6 Å². The van der Waals surface area contributed by atoms with E-state index in [0.29, 0.717) is 17.8 Å². The van der Waals surface area contributed by atoms with Crippen LogP contribution in [-0.4, -0.2) is 41.5 Å². The van der Waals surface area contributed by atoms with Crippen LogP contribution in [0.15, 0.2) is 48.7 Å². The van der Waals surface area contributed by atoms with Crippen LogP contribution in [-0.2, 0) is 14.6 Å². The van der Waals surface area contributed by atoms with Crippen molar-refractivity contribution in [3.05, 3.63) is 59.8 Å². The highest BCUT2D eigenvalue weighted by Gasteiger charge is 2.39. The molecule has 0 radical (unpaired) electrons. The van der Waals surface area contributed by atoms with E-state index in [9.17, 15) is 18.3 Å². The number of anilines is 1. The third-order valence-electron chi connectivity index (χ3n) is 6.80. The SMILES string of the molecule is Cc1ccc(C(O)NC2(C)CCS(=O)(=O)C2)cc1-c1ccc2cc(NC(=O)C3CC3)ncc2c1. The van der Waals surface area contributed by atoms with Gasteiger partial charge in [0.05, 0.1) is 11.5 Å². The molecule has 0 spiro atoms. The number of amides is 1. The number of aliphatic hydroxyl groups excluding tert-OH is 1. The van der Waals surface area contributed by atoms with Gasteiger partial charge in [-0.2, -0.15) is 0 Å². The summed E-state index contributed by atoms with van der Waals surface area (Å²) in [6, 6.07) is 13.7. The number of sulfone groups is 1. The number of nitrogens with zero attached hydrogens (tertiary/aromatic N) is 1. The molecule has 1 aromatic heterocycles. The molecule has 1 saturated carbocycles. The molecule has 2 atom stereocenters. The summed E-state index contributed by atoms with van der Waals surface area (Å²) < 4.78 is 23.8. The number of aliphatic hydroxyl groups is 1. The number of hydrogen-bond donors (Lipinski definition) is 3. The van der Waals surface area contributed by atoms with Crippen LogP contribution in [0.5, 0.6) is 0 Å². The first-order valence-corrected chi connectivity index (χ1v) is 13.4. The van der Waals surface area contributed by atoms with Gasteiger partial charge in [0, 0.05) is 23.0 Å². The number of rotatable bonds is 6.